The SMILES string of the molecule is CNC(c1ccccc1Cl)C(C)Oc1cccc(Cl)c1. The van der Waals surface area contributed by atoms with Crippen LogP contribution in [0.25, 0.3) is 0 Å². The zero-order valence-corrected chi connectivity index (χ0v) is 12.9. The highest BCUT2D eigenvalue weighted by Crippen LogP contribution is 2.28. The fraction of sp³-hybridized carbons (Fsp3) is 0.250. The Labute approximate surface area is 129 Å². The van der Waals surface area contributed by atoms with Crippen molar-refractivity contribution in [1.29, 1.82) is 0 Å². The van der Waals surface area contributed by atoms with Gasteiger partial charge < -0.3 is 10.1 Å². The Morgan fingerprint density at radius 1 is 1.05 bits per heavy atom. The van der Waals surface area contributed by atoms with Crippen LogP contribution in [-0.4, -0.2) is 13.2 Å². The van der Waals surface area contributed by atoms with E-state index >= 15 is 0 Å². The van der Waals surface area contributed by atoms with E-state index in [9.17, 15) is 0 Å². The smallest absolute Gasteiger partial charge is 0.121 e. The molecule has 0 aliphatic carbocycles. The van der Waals surface area contributed by atoms with Crippen molar-refractivity contribution in [3.8, 4) is 5.75 Å². The summed E-state index contributed by atoms with van der Waals surface area (Å²) in [4.78, 5) is 0. The van der Waals surface area contributed by atoms with Gasteiger partial charge in [-0.15, -0.1) is 0 Å². The summed E-state index contributed by atoms with van der Waals surface area (Å²) in [6.45, 7) is 2.01. The van der Waals surface area contributed by atoms with E-state index in [1.54, 1.807) is 6.07 Å². The second kappa shape index (κ2) is 6.98. The zero-order valence-electron chi connectivity index (χ0n) is 11.4. The summed E-state index contributed by atoms with van der Waals surface area (Å²) >= 11 is 12.2. The lowest BCUT2D eigenvalue weighted by atomic mass is 10.0. The van der Waals surface area contributed by atoms with E-state index in [1.165, 1.54) is 0 Å². The topological polar surface area (TPSA) is 21.3 Å². The average molecular weight is 310 g/mol. The highest BCUT2D eigenvalue weighted by atomic mass is 35.5. The Hall–Kier alpha value is -1.22. The van der Waals surface area contributed by atoms with Crippen LogP contribution in [0.3, 0.4) is 0 Å². The van der Waals surface area contributed by atoms with E-state index in [0.717, 1.165) is 16.3 Å². The Bertz CT molecular complexity index is 574. The summed E-state index contributed by atoms with van der Waals surface area (Å²) in [5, 5.41) is 4.64. The first-order valence-electron chi connectivity index (χ1n) is 6.45. The first-order chi connectivity index (χ1) is 9.61. The van der Waals surface area contributed by atoms with Gasteiger partial charge >= 0.3 is 0 Å². The summed E-state index contributed by atoms with van der Waals surface area (Å²) in [6.07, 6.45) is -0.0848. The molecule has 1 N–H and O–H groups in total. The number of ether oxygens (including phenoxy) is 1. The maximum Gasteiger partial charge on any atom is 0.121 e. The minimum atomic E-state index is -0.0848. The first kappa shape index (κ1) is 15.2. The zero-order chi connectivity index (χ0) is 14.5. The number of hydrogen-bond donors (Lipinski definition) is 1. The number of hydrogen-bond acceptors (Lipinski definition) is 2. The molecule has 0 aliphatic heterocycles. The van der Waals surface area contributed by atoms with Crippen molar-refractivity contribution in [3.05, 3.63) is 64.1 Å². The van der Waals surface area contributed by atoms with Crippen LogP contribution in [0, 0.1) is 0 Å². The van der Waals surface area contributed by atoms with Gasteiger partial charge in [0.1, 0.15) is 11.9 Å². The third kappa shape index (κ3) is 3.66. The van der Waals surface area contributed by atoms with Gasteiger partial charge in [0.2, 0.25) is 0 Å². The van der Waals surface area contributed by atoms with E-state index in [2.05, 4.69) is 5.32 Å². The second-order valence-electron chi connectivity index (χ2n) is 4.57. The summed E-state index contributed by atoms with van der Waals surface area (Å²) in [5.41, 5.74) is 1.02. The van der Waals surface area contributed by atoms with Crippen molar-refractivity contribution in [2.24, 2.45) is 0 Å². The highest BCUT2D eigenvalue weighted by Gasteiger charge is 2.21. The monoisotopic (exact) mass is 309 g/mol. The number of rotatable bonds is 5. The molecule has 0 saturated carbocycles. The van der Waals surface area contributed by atoms with Crippen LogP contribution in [0.15, 0.2) is 48.5 Å². The van der Waals surface area contributed by atoms with Gasteiger partial charge in [-0.3, -0.25) is 0 Å². The molecule has 0 spiro atoms. The summed E-state index contributed by atoms with van der Waals surface area (Å²) in [7, 11) is 1.89. The summed E-state index contributed by atoms with van der Waals surface area (Å²) in [6, 6.07) is 15.2. The molecule has 0 bridgehead atoms. The minimum absolute atomic E-state index is 0.00248. The molecule has 2 aromatic rings. The average Bonchev–Trinajstić information content (AvgIpc) is 2.41. The van der Waals surface area contributed by atoms with Crippen molar-refractivity contribution in [2.75, 3.05) is 7.05 Å². The van der Waals surface area contributed by atoms with Gasteiger partial charge in [-0.1, -0.05) is 47.5 Å². The fourth-order valence-electron chi connectivity index (χ4n) is 2.19. The van der Waals surface area contributed by atoms with Crippen LogP contribution in [0.2, 0.25) is 10.0 Å². The third-order valence-corrected chi connectivity index (χ3v) is 3.72. The predicted molar refractivity (Wildman–Crippen MR) is 84.8 cm³/mol. The van der Waals surface area contributed by atoms with Gasteiger partial charge in [0.15, 0.2) is 0 Å². The molecular formula is C16H17Cl2NO. The molecule has 0 aromatic heterocycles. The van der Waals surface area contributed by atoms with Gasteiger partial charge in [0.05, 0.1) is 6.04 Å². The molecule has 0 heterocycles. The minimum Gasteiger partial charge on any atom is -0.489 e. The van der Waals surface area contributed by atoms with Crippen LogP contribution < -0.4 is 10.1 Å². The standard InChI is InChI=1S/C16H17Cl2NO/c1-11(20-13-7-5-6-12(17)10-13)16(19-2)14-8-3-4-9-15(14)18/h3-11,16,19H,1-2H3. The number of halogens is 2. The number of likely N-dealkylation sites (N-methyl/N-ethyl adjacent to an activating group) is 1. The Kier molecular flexibility index (Phi) is 5.30. The molecule has 0 fully saturated rings. The van der Waals surface area contributed by atoms with Crippen molar-refractivity contribution < 1.29 is 4.74 Å². The molecule has 0 aliphatic rings. The van der Waals surface area contributed by atoms with Gasteiger partial charge in [-0.25, -0.2) is 0 Å². The Morgan fingerprint density at radius 2 is 1.80 bits per heavy atom. The highest BCUT2D eigenvalue weighted by molar-refractivity contribution is 6.31. The molecule has 0 amide bonds. The molecule has 2 atom stereocenters. The molecule has 2 unspecified atom stereocenters. The van der Waals surface area contributed by atoms with Gasteiger partial charge in [0.25, 0.3) is 0 Å². The molecule has 0 saturated heterocycles. The predicted octanol–water partition coefficient (Wildman–Crippen LogP) is 4.72. The first-order valence-corrected chi connectivity index (χ1v) is 7.21. The van der Waals surface area contributed by atoms with Crippen molar-refractivity contribution in [1.82, 2.24) is 5.32 Å². The van der Waals surface area contributed by atoms with Crippen LogP contribution in [0.1, 0.15) is 18.5 Å². The van der Waals surface area contributed by atoms with Crippen LogP contribution >= 0.6 is 23.2 Å². The normalized spacial score (nSPS) is 13.8. The lowest BCUT2D eigenvalue weighted by Crippen LogP contribution is -2.31. The molecule has 2 aromatic carbocycles. The molecule has 2 nitrogen and oxygen atoms in total. The molecular weight excluding hydrogens is 293 g/mol. The Balaban J connectivity index is 2.18. The van der Waals surface area contributed by atoms with Crippen molar-refractivity contribution in [2.45, 2.75) is 19.1 Å². The van der Waals surface area contributed by atoms with E-state index in [1.807, 2.05) is 56.4 Å². The van der Waals surface area contributed by atoms with Crippen LogP contribution in [0.4, 0.5) is 0 Å². The number of nitrogens with one attached hydrogen (secondary N) is 1. The molecule has 2 rings (SSSR count). The quantitative estimate of drug-likeness (QED) is 0.862. The largest absolute Gasteiger partial charge is 0.489 e. The van der Waals surface area contributed by atoms with E-state index in [4.69, 9.17) is 27.9 Å². The summed E-state index contributed by atoms with van der Waals surface area (Å²) < 4.78 is 5.95. The molecule has 0 radical (unpaired) electrons. The van der Waals surface area contributed by atoms with Gasteiger partial charge in [-0.05, 0) is 43.8 Å². The fourth-order valence-corrected chi connectivity index (χ4v) is 2.63. The van der Waals surface area contributed by atoms with Gasteiger partial charge in [-0.2, -0.15) is 0 Å². The maximum absolute atomic E-state index is 6.25. The molecule has 20 heavy (non-hydrogen) atoms. The maximum atomic E-state index is 6.25. The van der Waals surface area contributed by atoms with E-state index in [-0.39, 0.29) is 12.1 Å². The lowest BCUT2D eigenvalue weighted by molar-refractivity contribution is 0.175. The molecule has 106 valence electrons. The van der Waals surface area contributed by atoms with Gasteiger partial charge in [0, 0.05) is 10.0 Å². The van der Waals surface area contributed by atoms with Crippen molar-refractivity contribution >= 4 is 23.2 Å². The van der Waals surface area contributed by atoms with E-state index in [0.29, 0.717) is 5.02 Å². The van der Waals surface area contributed by atoms with Crippen LogP contribution in [0.5, 0.6) is 5.75 Å². The number of benzene rings is 2. The van der Waals surface area contributed by atoms with Crippen molar-refractivity contribution in [3.63, 3.8) is 0 Å². The van der Waals surface area contributed by atoms with Crippen LogP contribution in [-0.2, 0) is 0 Å². The lowest BCUT2D eigenvalue weighted by Gasteiger charge is -2.25. The van der Waals surface area contributed by atoms with E-state index < -0.39 is 0 Å². The molecule has 4 heteroatoms. The third-order valence-electron chi connectivity index (χ3n) is 3.14. The summed E-state index contributed by atoms with van der Waals surface area (Å²) in [5.74, 6) is 0.748. The Morgan fingerprint density at radius 3 is 2.45 bits per heavy atom. The second-order valence-corrected chi connectivity index (χ2v) is 5.41.